The van der Waals surface area contributed by atoms with Crippen molar-refractivity contribution in [3.8, 4) is 0 Å². The molecule has 0 fully saturated rings. The van der Waals surface area contributed by atoms with Crippen LogP contribution in [0.3, 0.4) is 0 Å². The molecule has 18 heavy (non-hydrogen) atoms. The van der Waals surface area contributed by atoms with Crippen LogP contribution in [0.5, 0.6) is 0 Å². The van der Waals surface area contributed by atoms with Crippen molar-refractivity contribution in [3.63, 3.8) is 0 Å². The molecule has 0 aliphatic heterocycles. The van der Waals surface area contributed by atoms with Crippen LogP contribution < -0.4 is 5.32 Å². The molecule has 0 saturated carbocycles. The highest BCUT2D eigenvalue weighted by molar-refractivity contribution is 5.81. The summed E-state index contributed by atoms with van der Waals surface area (Å²) in [4.78, 5) is 0. The highest BCUT2D eigenvalue weighted by Gasteiger charge is 2.06. The Morgan fingerprint density at radius 3 is 2.33 bits per heavy atom. The summed E-state index contributed by atoms with van der Waals surface area (Å²) in [5.41, 5.74) is 5.17. The van der Waals surface area contributed by atoms with Crippen LogP contribution in [0.25, 0.3) is 5.57 Å². The maximum Gasteiger partial charge on any atom is 0.0141 e. The molecule has 0 aliphatic carbocycles. The van der Waals surface area contributed by atoms with E-state index in [4.69, 9.17) is 0 Å². The monoisotopic (exact) mass is 237 g/mol. The van der Waals surface area contributed by atoms with Gasteiger partial charge in [-0.2, -0.15) is 0 Å². The summed E-state index contributed by atoms with van der Waals surface area (Å²) in [5.74, 6) is 0. The van der Waals surface area contributed by atoms with Crippen molar-refractivity contribution in [2.75, 3.05) is 13.6 Å². The van der Waals surface area contributed by atoms with Crippen LogP contribution in [0.4, 0.5) is 0 Å². The van der Waals surface area contributed by atoms with Crippen LogP contribution in [0.1, 0.15) is 16.7 Å². The molecule has 0 unspecified atom stereocenters. The molecular formula is C17H19N. The molecule has 0 heterocycles. The summed E-state index contributed by atoms with van der Waals surface area (Å²) in [6.07, 6.45) is 2.25. The SMILES string of the molecule is CNC/C=C(/c1ccccc1)c1ccccc1C. The van der Waals surface area contributed by atoms with Crippen molar-refractivity contribution in [2.45, 2.75) is 6.92 Å². The second kappa shape index (κ2) is 6.18. The average Bonchev–Trinajstić information content (AvgIpc) is 2.42. The third-order valence-corrected chi connectivity index (χ3v) is 3.03. The smallest absolute Gasteiger partial charge is 0.0141 e. The molecule has 2 rings (SSSR count). The third kappa shape index (κ3) is 2.88. The first-order valence-corrected chi connectivity index (χ1v) is 6.29. The summed E-state index contributed by atoms with van der Waals surface area (Å²) in [5, 5.41) is 3.18. The molecule has 0 saturated heterocycles. The fraction of sp³-hybridized carbons (Fsp3) is 0.176. The Balaban J connectivity index is 2.48. The van der Waals surface area contributed by atoms with Crippen LogP contribution in [-0.4, -0.2) is 13.6 Å². The molecule has 1 nitrogen and oxygen atoms in total. The van der Waals surface area contributed by atoms with Gasteiger partial charge in [-0.05, 0) is 36.2 Å². The Kier molecular flexibility index (Phi) is 4.32. The highest BCUT2D eigenvalue weighted by atomic mass is 14.8. The van der Waals surface area contributed by atoms with Gasteiger partial charge in [0.15, 0.2) is 0 Å². The van der Waals surface area contributed by atoms with Crippen LogP contribution in [0.15, 0.2) is 60.7 Å². The lowest BCUT2D eigenvalue weighted by Gasteiger charge is -2.11. The van der Waals surface area contributed by atoms with Gasteiger partial charge in [-0.1, -0.05) is 60.7 Å². The van der Waals surface area contributed by atoms with Gasteiger partial charge in [0.05, 0.1) is 0 Å². The summed E-state index contributed by atoms with van der Waals surface area (Å²) >= 11 is 0. The standard InChI is InChI=1S/C17H19N/c1-14-8-6-7-11-16(14)17(12-13-18-2)15-9-4-3-5-10-15/h3-12,18H,13H2,1-2H3/b17-12-. The van der Waals surface area contributed by atoms with Crippen molar-refractivity contribution >= 4 is 5.57 Å². The lowest BCUT2D eigenvalue weighted by Crippen LogP contribution is -2.05. The van der Waals surface area contributed by atoms with Crippen LogP contribution in [-0.2, 0) is 0 Å². The second-order valence-electron chi connectivity index (χ2n) is 4.36. The number of aryl methyl sites for hydroxylation is 1. The van der Waals surface area contributed by atoms with Gasteiger partial charge in [-0.3, -0.25) is 0 Å². The zero-order chi connectivity index (χ0) is 12.8. The zero-order valence-electron chi connectivity index (χ0n) is 11.0. The van der Waals surface area contributed by atoms with Gasteiger partial charge in [0.1, 0.15) is 0 Å². The van der Waals surface area contributed by atoms with E-state index in [-0.39, 0.29) is 0 Å². The van der Waals surface area contributed by atoms with Crippen molar-refractivity contribution in [3.05, 3.63) is 77.4 Å². The van der Waals surface area contributed by atoms with Crippen molar-refractivity contribution in [1.29, 1.82) is 0 Å². The van der Waals surface area contributed by atoms with E-state index in [1.165, 1.54) is 22.3 Å². The van der Waals surface area contributed by atoms with Gasteiger partial charge >= 0.3 is 0 Å². The van der Waals surface area contributed by atoms with Gasteiger partial charge in [-0.15, -0.1) is 0 Å². The Bertz CT molecular complexity index is 526. The van der Waals surface area contributed by atoms with Crippen molar-refractivity contribution in [1.82, 2.24) is 5.32 Å². The van der Waals surface area contributed by atoms with Gasteiger partial charge in [0.2, 0.25) is 0 Å². The summed E-state index contributed by atoms with van der Waals surface area (Å²) < 4.78 is 0. The molecule has 2 aromatic carbocycles. The van der Waals surface area contributed by atoms with Gasteiger partial charge in [0.25, 0.3) is 0 Å². The van der Waals surface area contributed by atoms with Gasteiger partial charge < -0.3 is 5.32 Å². The lowest BCUT2D eigenvalue weighted by atomic mass is 9.94. The van der Waals surface area contributed by atoms with Crippen LogP contribution in [0, 0.1) is 6.92 Å². The molecule has 0 amide bonds. The van der Waals surface area contributed by atoms with Gasteiger partial charge in [-0.25, -0.2) is 0 Å². The molecule has 1 heteroatoms. The van der Waals surface area contributed by atoms with E-state index in [9.17, 15) is 0 Å². The molecule has 0 bridgehead atoms. The molecule has 0 spiro atoms. The normalized spacial score (nSPS) is 11.6. The number of likely N-dealkylation sites (N-methyl/N-ethyl adjacent to an activating group) is 1. The number of benzene rings is 2. The molecule has 0 atom stereocenters. The fourth-order valence-corrected chi connectivity index (χ4v) is 2.08. The molecule has 1 N–H and O–H groups in total. The quantitative estimate of drug-likeness (QED) is 0.856. The molecular weight excluding hydrogens is 218 g/mol. The number of nitrogens with one attached hydrogen (secondary N) is 1. The van der Waals surface area contributed by atoms with E-state index >= 15 is 0 Å². The molecule has 92 valence electrons. The second-order valence-corrected chi connectivity index (χ2v) is 4.36. The Morgan fingerprint density at radius 2 is 1.67 bits per heavy atom. The Hall–Kier alpha value is -1.86. The van der Waals surface area contributed by atoms with E-state index in [0.717, 1.165) is 6.54 Å². The van der Waals surface area contributed by atoms with E-state index in [1.54, 1.807) is 0 Å². The van der Waals surface area contributed by atoms with E-state index < -0.39 is 0 Å². The Morgan fingerprint density at radius 1 is 1.00 bits per heavy atom. The minimum Gasteiger partial charge on any atom is -0.316 e. The first-order chi connectivity index (χ1) is 8.83. The molecule has 0 aromatic heterocycles. The predicted octanol–water partition coefficient (Wildman–Crippen LogP) is 3.65. The summed E-state index contributed by atoms with van der Waals surface area (Å²) in [6.45, 7) is 3.03. The summed E-state index contributed by atoms with van der Waals surface area (Å²) in [6, 6.07) is 19.1. The number of hydrogen-bond acceptors (Lipinski definition) is 1. The highest BCUT2D eigenvalue weighted by Crippen LogP contribution is 2.25. The lowest BCUT2D eigenvalue weighted by molar-refractivity contribution is 0.920. The topological polar surface area (TPSA) is 12.0 Å². The van der Waals surface area contributed by atoms with Crippen LogP contribution in [0.2, 0.25) is 0 Å². The predicted molar refractivity (Wildman–Crippen MR) is 78.6 cm³/mol. The molecule has 0 aliphatic rings. The van der Waals surface area contributed by atoms with Crippen molar-refractivity contribution < 1.29 is 0 Å². The number of hydrogen-bond donors (Lipinski definition) is 1. The van der Waals surface area contributed by atoms with E-state index in [2.05, 4.69) is 72.9 Å². The zero-order valence-corrected chi connectivity index (χ0v) is 11.0. The summed E-state index contributed by atoms with van der Waals surface area (Å²) in [7, 11) is 1.97. The maximum atomic E-state index is 3.18. The first-order valence-electron chi connectivity index (χ1n) is 6.29. The third-order valence-electron chi connectivity index (χ3n) is 3.03. The minimum atomic E-state index is 0.874. The molecule has 2 aromatic rings. The maximum absolute atomic E-state index is 3.18. The largest absolute Gasteiger partial charge is 0.316 e. The van der Waals surface area contributed by atoms with Crippen LogP contribution >= 0.6 is 0 Å². The minimum absolute atomic E-state index is 0.874. The first kappa shape index (κ1) is 12.6. The van der Waals surface area contributed by atoms with E-state index in [0.29, 0.717) is 0 Å². The molecule has 0 radical (unpaired) electrons. The Labute approximate surface area is 109 Å². The average molecular weight is 237 g/mol. The number of rotatable bonds is 4. The van der Waals surface area contributed by atoms with Crippen molar-refractivity contribution in [2.24, 2.45) is 0 Å². The van der Waals surface area contributed by atoms with Gasteiger partial charge in [0, 0.05) is 6.54 Å². The van der Waals surface area contributed by atoms with E-state index in [1.807, 2.05) is 7.05 Å². The fourth-order valence-electron chi connectivity index (χ4n) is 2.08.